The van der Waals surface area contributed by atoms with Crippen molar-refractivity contribution in [1.82, 2.24) is 5.43 Å². The number of amides is 1. The summed E-state index contributed by atoms with van der Waals surface area (Å²) in [6, 6.07) is 6.64. The number of aliphatic imine (C=N–C) groups is 1. The molecule has 0 saturated heterocycles. The topological polar surface area (TPSA) is 57.1 Å². The van der Waals surface area contributed by atoms with Crippen LogP contribution in [0, 0.1) is 0 Å². The van der Waals surface area contributed by atoms with Crippen molar-refractivity contribution in [3.63, 3.8) is 0 Å². The first-order chi connectivity index (χ1) is 11.7. The summed E-state index contributed by atoms with van der Waals surface area (Å²) in [5, 5.41) is 5.47. The normalized spacial score (nSPS) is 23.2. The second-order valence-corrected chi connectivity index (χ2v) is 7.62. The number of carbonyl (C=O) groups excluding carboxylic acids is 1. The zero-order valence-corrected chi connectivity index (χ0v) is 14.7. The summed E-state index contributed by atoms with van der Waals surface area (Å²) in [5.41, 5.74) is 7.34. The van der Waals surface area contributed by atoms with Gasteiger partial charge >= 0.3 is 0 Å². The highest BCUT2D eigenvalue weighted by molar-refractivity contribution is 8.14. The number of fused-ring (bicyclic) bond motifs is 1. The molecule has 0 radical (unpaired) electrons. The number of nitrogens with one attached hydrogen (secondary N) is 1. The van der Waals surface area contributed by atoms with Crippen LogP contribution >= 0.6 is 11.8 Å². The predicted octanol–water partition coefficient (Wildman–Crippen LogP) is 2.93. The Morgan fingerprint density at radius 2 is 2.12 bits per heavy atom. The summed E-state index contributed by atoms with van der Waals surface area (Å²) in [4.78, 5) is 18.4. The van der Waals surface area contributed by atoms with Gasteiger partial charge in [-0.1, -0.05) is 37.1 Å². The fourth-order valence-corrected chi connectivity index (χ4v) is 4.39. The molecule has 1 fully saturated rings. The maximum atomic E-state index is 11.8. The lowest BCUT2D eigenvalue weighted by molar-refractivity contribution is -0.117. The standard InChI is InChI=1S/C18H22N4OS/c1-22-16-8-7-12(9-13(16)10-17(22)23)15-11-24-18(21-20-15)19-14-5-3-2-4-6-14/h7-9,14H,2-6,10-11H2,1H3,(H,19,21). The van der Waals surface area contributed by atoms with Gasteiger partial charge in [0.25, 0.3) is 0 Å². The Balaban J connectivity index is 1.48. The largest absolute Gasteiger partial charge is 0.315 e. The average Bonchev–Trinajstić information content (AvgIpc) is 2.90. The van der Waals surface area contributed by atoms with Crippen molar-refractivity contribution in [2.75, 3.05) is 17.7 Å². The van der Waals surface area contributed by atoms with Crippen LogP contribution in [0.1, 0.15) is 43.2 Å². The highest BCUT2D eigenvalue weighted by Crippen LogP contribution is 2.29. The Morgan fingerprint density at radius 3 is 2.88 bits per heavy atom. The molecule has 0 spiro atoms. The molecule has 0 aromatic heterocycles. The summed E-state index contributed by atoms with van der Waals surface area (Å²) in [5.74, 6) is 0.975. The van der Waals surface area contributed by atoms with Gasteiger partial charge in [0.05, 0.1) is 18.2 Å². The number of thioether (sulfide) groups is 1. The van der Waals surface area contributed by atoms with E-state index in [0.29, 0.717) is 12.5 Å². The van der Waals surface area contributed by atoms with Crippen LogP contribution in [0.15, 0.2) is 28.3 Å². The minimum Gasteiger partial charge on any atom is -0.315 e. The van der Waals surface area contributed by atoms with Crippen LogP contribution in [-0.4, -0.2) is 35.6 Å². The maximum absolute atomic E-state index is 11.8. The first-order valence-corrected chi connectivity index (χ1v) is 9.62. The summed E-state index contributed by atoms with van der Waals surface area (Å²) < 4.78 is 0. The number of hydrogen-bond donors (Lipinski definition) is 1. The zero-order valence-electron chi connectivity index (χ0n) is 13.9. The molecule has 0 atom stereocenters. The summed E-state index contributed by atoms with van der Waals surface area (Å²) >= 11 is 1.72. The third-order valence-corrected chi connectivity index (χ3v) is 5.88. The van der Waals surface area contributed by atoms with Gasteiger partial charge in [0.15, 0.2) is 5.17 Å². The molecule has 1 amide bonds. The molecule has 1 aliphatic carbocycles. The Morgan fingerprint density at radius 1 is 1.29 bits per heavy atom. The van der Waals surface area contributed by atoms with E-state index >= 15 is 0 Å². The minimum atomic E-state index is 0.155. The zero-order chi connectivity index (χ0) is 16.5. The van der Waals surface area contributed by atoms with Crippen LogP contribution in [0.5, 0.6) is 0 Å². The molecule has 2 heterocycles. The molecule has 1 aromatic carbocycles. The van der Waals surface area contributed by atoms with Crippen molar-refractivity contribution in [1.29, 1.82) is 0 Å². The van der Waals surface area contributed by atoms with Gasteiger partial charge in [0.2, 0.25) is 5.91 Å². The van der Waals surface area contributed by atoms with Gasteiger partial charge in [-0.15, -0.1) is 0 Å². The molecule has 1 aromatic rings. The van der Waals surface area contributed by atoms with Crippen LogP contribution in [0.25, 0.3) is 0 Å². The number of benzene rings is 1. The fraction of sp³-hybridized carbons (Fsp3) is 0.500. The lowest BCUT2D eigenvalue weighted by Crippen LogP contribution is -2.27. The highest BCUT2D eigenvalue weighted by atomic mass is 32.2. The quantitative estimate of drug-likeness (QED) is 0.899. The van der Waals surface area contributed by atoms with E-state index in [9.17, 15) is 4.79 Å². The number of hydrazone groups is 1. The van der Waals surface area contributed by atoms with Gasteiger partial charge in [-0.25, -0.2) is 0 Å². The van der Waals surface area contributed by atoms with E-state index in [2.05, 4.69) is 22.7 Å². The Bertz CT molecular complexity index is 722. The smallest absolute Gasteiger partial charge is 0.231 e. The number of hydrogen-bond acceptors (Lipinski definition) is 4. The number of rotatable bonds is 2. The molecule has 1 saturated carbocycles. The van der Waals surface area contributed by atoms with Crippen molar-refractivity contribution in [2.24, 2.45) is 10.1 Å². The van der Waals surface area contributed by atoms with E-state index in [1.807, 2.05) is 13.1 Å². The van der Waals surface area contributed by atoms with E-state index in [-0.39, 0.29) is 5.91 Å². The second kappa shape index (κ2) is 6.59. The van der Waals surface area contributed by atoms with Crippen molar-refractivity contribution < 1.29 is 4.79 Å². The second-order valence-electron chi connectivity index (χ2n) is 6.66. The van der Waals surface area contributed by atoms with Gasteiger partial charge in [0, 0.05) is 18.5 Å². The third kappa shape index (κ3) is 3.07. The van der Waals surface area contributed by atoms with Crippen LogP contribution in [0.2, 0.25) is 0 Å². The first-order valence-electron chi connectivity index (χ1n) is 8.64. The summed E-state index contributed by atoms with van der Waals surface area (Å²) in [7, 11) is 1.83. The number of nitrogens with zero attached hydrogens (tertiary/aromatic N) is 3. The lowest BCUT2D eigenvalue weighted by atomic mass is 9.96. The van der Waals surface area contributed by atoms with E-state index in [0.717, 1.165) is 33.4 Å². The minimum absolute atomic E-state index is 0.155. The number of likely N-dealkylation sites (N-methyl/N-ethyl adjacent to an activating group) is 1. The summed E-state index contributed by atoms with van der Waals surface area (Å²) in [6.07, 6.45) is 6.83. The molecule has 24 heavy (non-hydrogen) atoms. The van der Waals surface area contributed by atoms with Crippen molar-refractivity contribution in [2.45, 2.75) is 44.6 Å². The molecule has 2 aliphatic heterocycles. The van der Waals surface area contributed by atoms with Crippen molar-refractivity contribution in [3.8, 4) is 0 Å². The van der Waals surface area contributed by atoms with Gasteiger partial charge in [0.1, 0.15) is 0 Å². The van der Waals surface area contributed by atoms with Gasteiger partial charge in [-0.05, 0) is 36.1 Å². The number of carbonyl (C=O) groups is 1. The highest BCUT2D eigenvalue weighted by Gasteiger charge is 2.25. The van der Waals surface area contributed by atoms with E-state index < -0.39 is 0 Å². The first kappa shape index (κ1) is 15.7. The lowest BCUT2D eigenvalue weighted by Gasteiger charge is -2.21. The average molecular weight is 342 g/mol. The SMILES string of the molecule is CN1C(=O)Cc2cc(C3=NNC(=NC4CCCCC4)SC3)ccc21. The molecule has 3 aliphatic rings. The Hall–Kier alpha value is -1.82. The van der Waals surface area contributed by atoms with Crippen molar-refractivity contribution >= 4 is 34.2 Å². The molecule has 6 heteroatoms. The van der Waals surface area contributed by atoms with Crippen molar-refractivity contribution in [3.05, 3.63) is 29.3 Å². The Labute approximate surface area is 146 Å². The predicted molar refractivity (Wildman–Crippen MR) is 100.0 cm³/mol. The van der Waals surface area contributed by atoms with Crippen LogP contribution in [0.4, 0.5) is 5.69 Å². The molecular formula is C18H22N4OS. The molecule has 4 rings (SSSR count). The molecule has 0 bridgehead atoms. The van der Waals surface area contributed by atoms with E-state index in [1.165, 1.54) is 32.1 Å². The van der Waals surface area contributed by atoms with Crippen LogP contribution in [0.3, 0.4) is 0 Å². The maximum Gasteiger partial charge on any atom is 0.231 e. The number of amidine groups is 1. The van der Waals surface area contributed by atoms with E-state index in [4.69, 9.17) is 4.99 Å². The van der Waals surface area contributed by atoms with Gasteiger partial charge < -0.3 is 4.90 Å². The monoisotopic (exact) mass is 342 g/mol. The third-order valence-electron chi connectivity index (χ3n) is 5.00. The molecule has 0 unspecified atom stereocenters. The molecule has 1 N–H and O–H groups in total. The molecule has 5 nitrogen and oxygen atoms in total. The van der Waals surface area contributed by atoms with Crippen LogP contribution < -0.4 is 10.3 Å². The molecular weight excluding hydrogens is 320 g/mol. The van der Waals surface area contributed by atoms with Gasteiger partial charge in [-0.3, -0.25) is 15.2 Å². The Kier molecular flexibility index (Phi) is 4.31. The van der Waals surface area contributed by atoms with Crippen LogP contribution in [-0.2, 0) is 11.2 Å². The number of anilines is 1. The van der Waals surface area contributed by atoms with Gasteiger partial charge in [-0.2, -0.15) is 5.10 Å². The summed E-state index contributed by atoms with van der Waals surface area (Å²) in [6.45, 7) is 0. The van der Waals surface area contributed by atoms with E-state index in [1.54, 1.807) is 16.7 Å². The molecule has 126 valence electrons. The fourth-order valence-electron chi connectivity index (χ4n) is 3.56.